The van der Waals surface area contributed by atoms with Crippen molar-refractivity contribution in [1.29, 1.82) is 0 Å². The number of carboxylic acids is 1. The second kappa shape index (κ2) is 6.12. The lowest BCUT2D eigenvalue weighted by Crippen LogP contribution is -2.54. The van der Waals surface area contributed by atoms with Crippen molar-refractivity contribution in [3.05, 3.63) is 0 Å². The Labute approximate surface area is 120 Å². The van der Waals surface area contributed by atoms with Gasteiger partial charge >= 0.3 is 5.97 Å². The number of nitrogens with one attached hydrogen (secondary N) is 1. The highest BCUT2D eigenvalue weighted by atomic mass is 16.4. The largest absolute Gasteiger partial charge is 0.480 e. The summed E-state index contributed by atoms with van der Waals surface area (Å²) in [5.74, 6) is -0.756. The summed E-state index contributed by atoms with van der Waals surface area (Å²) in [5, 5.41) is 12.7. The van der Waals surface area contributed by atoms with E-state index in [4.69, 9.17) is 0 Å². The van der Waals surface area contributed by atoms with Gasteiger partial charge in [-0.15, -0.1) is 0 Å². The molecule has 114 valence electrons. The highest BCUT2D eigenvalue weighted by Crippen LogP contribution is 2.37. The van der Waals surface area contributed by atoms with E-state index < -0.39 is 12.0 Å². The van der Waals surface area contributed by atoms with Crippen LogP contribution >= 0.6 is 0 Å². The van der Waals surface area contributed by atoms with Crippen molar-refractivity contribution in [3.8, 4) is 0 Å². The first-order valence-corrected chi connectivity index (χ1v) is 7.76. The monoisotopic (exact) mass is 282 g/mol. The van der Waals surface area contributed by atoms with Gasteiger partial charge in [-0.2, -0.15) is 0 Å². The number of amides is 1. The maximum absolute atomic E-state index is 13.0. The smallest absolute Gasteiger partial charge is 0.326 e. The molecule has 20 heavy (non-hydrogen) atoms. The lowest BCUT2D eigenvalue weighted by molar-refractivity contribution is -0.155. The molecule has 2 fully saturated rings. The highest BCUT2D eigenvalue weighted by Gasteiger charge is 2.47. The SMILES string of the molecule is CCCC1(C(=O)N2CCC(C)C2C(=O)O)CCCNC1. The number of carboxylic acid groups (broad SMARTS) is 1. The molecule has 2 aliphatic rings. The normalized spacial score (nSPS) is 34.2. The van der Waals surface area contributed by atoms with Gasteiger partial charge in [-0.25, -0.2) is 4.79 Å². The lowest BCUT2D eigenvalue weighted by atomic mass is 9.75. The molecular formula is C15H26N2O3. The second-order valence-electron chi connectivity index (χ2n) is 6.36. The molecule has 3 unspecified atom stereocenters. The first kappa shape index (κ1) is 15.3. The van der Waals surface area contributed by atoms with Gasteiger partial charge in [-0.3, -0.25) is 4.79 Å². The van der Waals surface area contributed by atoms with Crippen molar-refractivity contribution >= 4 is 11.9 Å². The Morgan fingerprint density at radius 1 is 1.45 bits per heavy atom. The molecule has 5 nitrogen and oxygen atoms in total. The minimum absolute atomic E-state index is 0.0478. The van der Waals surface area contributed by atoms with Gasteiger partial charge in [0.25, 0.3) is 0 Å². The summed E-state index contributed by atoms with van der Waals surface area (Å²) in [4.78, 5) is 26.1. The molecule has 2 N–H and O–H groups in total. The molecule has 2 saturated heterocycles. The number of hydrogen-bond donors (Lipinski definition) is 2. The molecule has 2 rings (SSSR count). The Bertz CT molecular complexity index is 372. The number of carbonyl (C=O) groups excluding carboxylic acids is 1. The van der Waals surface area contributed by atoms with E-state index in [0.717, 1.165) is 38.6 Å². The Morgan fingerprint density at radius 3 is 2.75 bits per heavy atom. The van der Waals surface area contributed by atoms with Crippen LogP contribution in [0.3, 0.4) is 0 Å². The number of piperidine rings is 1. The van der Waals surface area contributed by atoms with Crippen LogP contribution in [0.1, 0.15) is 46.0 Å². The average Bonchev–Trinajstić information content (AvgIpc) is 2.81. The van der Waals surface area contributed by atoms with Crippen LogP contribution in [0.2, 0.25) is 0 Å². The zero-order chi connectivity index (χ0) is 14.8. The summed E-state index contributed by atoms with van der Waals surface area (Å²) >= 11 is 0. The number of rotatable bonds is 4. The maximum Gasteiger partial charge on any atom is 0.326 e. The van der Waals surface area contributed by atoms with E-state index in [0.29, 0.717) is 13.1 Å². The molecule has 1 amide bonds. The summed E-state index contributed by atoms with van der Waals surface area (Å²) in [7, 11) is 0. The van der Waals surface area contributed by atoms with Crippen LogP contribution in [0.5, 0.6) is 0 Å². The summed E-state index contributed by atoms with van der Waals surface area (Å²) in [6.07, 6.45) is 4.46. The predicted molar refractivity (Wildman–Crippen MR) is 76.4 cm³/mol. The van der Waals surface area contributed by atoms with E-state index in [2.05, 4.69) is 12.2 Å². The molecule has 0 aromatic rings. The molecule has 0 bridgehead atoms. The third-order valence-electron chi connectivity index (χ3n) is 4.87. The van der Waals surface area contributed by atoms with Crippen LogP contribution in [0.15, 0.2) is 0 Å². The molecular weight excluding hydrogens is 256 g/mol. The van der Waals surface area contributed by atoms with Crippen molar-refractivity contribution in [2.75, 3.05) is 19.6 Å². The van der Waals surface area contributed by atoms with Crippen LogP contribution in [-0.4, -0.2) is 47.6 Å². The fourth-order valence-corrected chi connectivity index (χ4v) is 3.81. The van der Waals surface area contributed by atoms with Gasteiger partial charge in [-0.1, -0.05) is 20.3 Å². The minimum atomic E-state index is -0.862. The average molecular weight is 282 g/mol. The molecule has 3 atom stereocenters. The quantitative estimate of drug-likeness (QED) is 0.819. The molecule has 0 saturated carbocycles. The molecule has 0 aliphatic carbocycles. The van der Waals surface area contributed by atoms with Gasteiger partial charge in [0, 0.05) is 13.1 Å². The molecule has 5 heteroatoms. The van der Waals surface area contributed by atoms with Crippen molar-refractivity contribution in [2.45, 2.75) is 52.0 Å². The van der Waals surface area contributed by atoms with Crippen LogP contribution in [0.4, 0.5) is 0 Å². The van der Waals surface area contributed by atoms with Gasteiger partial charge in [0.05, 0.1) is 5.41 Å². The van der Waals surface area contributed by atoms with Crippen molar-refractivity contribution in [2.24, 2.45) is 11.3 Å². The van der Waals surface area contributed by atoms with Crippen LogP contribution < -0.4 is 5.32 Å². The lowest BCUT2D eigenvalue weighted by Gasteiger charge is -2.40. The Kier molecular flexibility index (Phi) is 4.68. The maximum atomic E-state index is 13.0. The van der Waals surface area contributed by atoms with E-state index in [-0.39, 0.29) is 17.2 Å². The van der Waals surface area contributed by atoms with E-state index in [1.807, 2.05) is 6.92 Å². The molecule has 0 aromatic heterocycles. The third kappa shape index (κ3) is 2.68. The summed E-state index contributed by atoms with van der Waals surface area (Å²) in [5.41, 5.74) is -0.384. The van der Waals surface area contributed by atoms with E-state index in [1.165, 1.54) is 0 Å². The Balaban J connectivity index is 2.21. The number of carbonyl (C=O) groups is 2. The summed E-state index contributed by atoms with van der Waals surface area (Å²) < 4.78 is 0. The molecule has 2 heterocycles. The minimum Gasteiger partial charge on any atom is -0.480 e. The first-order valence-electron chi connectivity index (χ1n) is 7.76. The Hall–Kier alpha value is -1.10. The fraction of sp³-hybridized carbons (Fsp3) is 0.867. The Morgan fingerprint density at radius 2 is 2.20 bits per heavy atom. The molecule has 2 aliphatic heterocycles. The number of nitrogens with zero attached hydrogens (tertiary/aromatic N) is 1. The molecule has 0 radical (unpaired) electrons. The van der Waals surface area contributed by atoms with Crippen LogP contribution in [-0.2, 0) is 9.59 Å². The number of aliphatic carboxylic acids is 1. The predicted octanol–water partition coefficient (Wildman–Crippen LogP) is 1.48. The van der Waals surface area contributed by atoms with E-state index >= 15 is 0 Å². The summed E-state index contributed by atoms with van der Waals surface area (Å²) in [6, 6.07) is -0.641. The first-order chi connectivity index (χ1) is 9.52. The molecule has 0 aromatic carbocycles. The van der Waals surface area contributed by atoms with Gasteiger partial charge in [0.2, 0.25) is 5.91 Å². The van der Waals surface area contributed by atoms with Crippen molar-refractivity contribution in [3.63, 3.8) is 0 Å². The summed E-state index contributed by atoms with van der Waals surface area (Å²) in [6.45, 7) is 6.25. The van der Waals surface area contributed by atoms with Gasteiger partial charge < -0.3 is 15.3 Å². The topological polar surface area (TPSA) is 69.6 Å². The van der Waals surface area contributed by atoms with Gasteiger partial charge in [-0.05, 0) is 38.1 Å². The molecule has 0 spiro atoms. The van der Waals surface area contributed by atoms with Crippen LogP contribution in [0, 0.1) is 11.3 Å². The van der Waals surface area contributed by atoms with Gasteiger partial charge in [0.1, 0.15) is 6.04 Å². The fourth-order valence-electron chi connectivity index (χ4n) is 3.81. The van der Waals surface area contributed by atoms with Crippen LogP contribution in [0.25, 0.3) is 0 Å². The standard InChI is InChI=1S/C15H26N2O3/c1-3-6-15(7-4-8-16-10-15)14(20)17-9-5-11(2)12(17)13(18)19/h11-12,16H,3-10H2,1-2H3,(H,18,19). The zero-order valence-electron chi connectivity index (χ0n) is 12.5. The van der Waals surface area contributed by atoms with Crippen molar-refractivity contribution in [1.82, 2.24) is 10.2 Å². The highest BCUT2D eigenvalue weighted by molar-refractivity contribution is 5.88. The van der Waals surface area contributed by atoms with E-state index in [1.54, 1.807) is 4.90 Å². The van der Waals surface area contributed by atoms with E-state index in [9.17, 15) is 14.7 Å². The zero-order valence-corrected chi connectivity index (χ0v) is 12.5. The second-order valence-corrected chi connectivity index (χ2v) is 6.36. The number of likely N-dealkylation sites (tertiary alicyclic amines) is 1. The van der Waals surface area contributed by atoms with Crippen molar-refractivity contribution < 1.29 is 14.7 Å². The van der Waals surface area contributed by atoms with Gasteiger partial charge in [0.15, 0.2) is 0 Å². The number of hydrogen-bond acceptors (Lipinski definition) is 3. The third-order valence-corrected chi connectivity index (χ3v) is 4.87.